The van der Waals surface area contributed by atoms with Crippen molar-refractivity contribution in [3.05, 3.63) is 60.1 Å². The molecule has 7 heteroatoms. The number of aromatic nitrogens is 1. The number of rotatable bonds is 10. The molecule has 0 bridgehead atoms. The zero-order valence-electron chi connectivity index (χ0n) is 19.5. The Hall–Kier alpha value is -3.06. The molecular weight excluding hydrogens is 418 g/mol. The third-order valence-electron chi connectivity index (χ3n) is 6.40. The second-order valence-electron chi connectivity index (χ2n) is 8.63. The zero-order chi connectivity index (χ0) is 23.0. The standard InChI is InChI=1S/C26H33N3O4/c1-28(21-13-7-4-8-14-21)26-22(24(27-33-26)20-11-5-3-6-12-20)19-29(16-10-17-31-2)25(30)23-15-9-18-32-23/h3,5-6,9,11-12,15,18,21H,4,7-8,10,13-14,16-17,19H2,1-2H3. The molecule has 0 radical (unpaired) electrons. The highest BCUT2D eigenvalue weighted by atomic mass is 16.5. The van der Waals surface area contributed by atoms with Crippen molar-refractivity contribution in [2.75, 3.05) is 32.2 Å². The highest BCUT2D eigenvalue weighted by Crippen LogP contribution is 2.35. The van der Waals surface area contributed by atoms with Crippen LogP contribution in [0, 0.1) is 0 Å². The van der Waals surface area contributed by atoms with E-state index in [9.17, 15) is 4.79 Å². The van der Waals surface area contributed by atoms with Gasteiger partial charge in [0.15, 0.2) is 5.76 Å². The summed E-state index contributed by atoms with van der Waals surface area (Å²) in [5, 5.41) is 4.47. The average Bonchev–Trinajstić information content (AvgIpc) is 3.54. The molecule has 176 valence electrons. The first kappa shape index (κ1) is 23.1. The van der Waals surface area contributed by atoms with Gasteiger partial charge in [-0.3, -0.25) is 4.79 Å². The van der Waals surface area contributed by atoms with Gasteiger partial charge in [0, 0.05) is 38.9 Å². The molecule has 2 heterocycles. The first-order chi connectivity index (χ1) is 16.2. The fraction of sp³-hybridized carbons (Fsp3) is 0.462. The summed E-state index contributed by atoms with van der Waals surface area (Å²) in [4.78, 5) is 17.3. The second kappa shape index (κ2) is 11.2. The van der Waals surface area contributed by atoms with Crippen LogP contribution in [0.1, 0.15) is 54.6 Å². The van der Waals surface area contributed by atoms with Gasteiger partial charge in [0.2, 0.25) is 5.88 Å². The van der Waals surface area contributed by atoms with Gasteiger partial charge in [-0.25, -0.2) is 0 Å². The number of methoxy groups -OCH3 is 1. The van der Waals surface area contributed by atoms with Crippen LogP contribution in [0.4, 0.5) is 5.88 Å². The van der Waals surface area contributed by atoms with Crippen molar-refractivity contribution in [1.29, 1.82) is 0 Å². The van der Waals surface area contributed by atoms with E-state index < -0.39 is 0 Å². The van der Waals surface area contributed by atoms with Crippen molar-refractivity contribution >= 4 is 11.8 Å². The molecule has 33 heavy (non-hydrogen) atoms. The Labute approximate surface area is 195 Å². The van der Waals surface area contributed by atoms with E-state index in [1.807, 2.05) is 30.3 Å². The highest BCUT2D eigenvalue weighted by molar-refractivity contribution is 5.91. The summed E-state index contributed by atoms with van der Waals surface area (Å²) in [6.07, 6.45) is 8.27. The maximum atomic E-state index is 13.3. The second-order valence-corrected chi connectivity index (χ2v) is 8.63. The van der Waals surface area contributed by atoms with E-state index in [-0.39, 0.29) is 5.91 Å². The molecule has 1 aliphatic carbocycles. The molecule has 2 aromatic heterocycles. The number of ether oxygens (including phenoxy) is 1. The zero-order valence-corrected chi connectivity index (χ0v) is 19.5. The number of hydrogen-bond acceptors (Lipinski definition) is 6. The maximum absolute atomic E-state index is 13.3. The molecular formula is C26H33N3O4. The molecule has 0 spiro atoms. The molecule has 4 rings (SSSR count). The normalized spacial score (nSPS) is 14.4. The van der Waals surface area contributed by atoms with Gasteiger partial charge in [0.05, 0.1) is 18.4 Å². The number of benzene rings is 1. The van der Waals surface area contributed by atoms with Crippen molar-refractivity contribution in [1.82, 2.24) is 10.1 Å². The van der Waals surface area contributed by atoms with Crippen LogP contribution >= 0.6 is 0 Å². The fourth-order valence-electron chi connectivity index (χ4n) is 4.58. The summed E-state index contributed by atoms with van der Waals surface area (Å²) >= 11 is 0. The number of nitrogens with zero attached hydrogens (tertiary/aromatic N) is 3. The minimum atomic E-state index is -0.150. The van der Waals surface area contributed by atoms with Crippen LogP contribution in [0.5, 0.6) is 0 Å². The van der Waals surface area contributed by atoms with Gasteiger partial charge in [-0.15, -0.1) is 0 Å². The fourth-order valence-corrected chi connectivity index (χ4v) is 4.58. The number of anilines is 1. The third kappa shape index (κ3) is 5.47. The van der Waals surface area contributed by atoms with Gasteiger partial charge < -0.3 is 23.5 Å². The molecule has 1 aromatic carbocycles. The van der Waals surface area contributed by atoms with E-state index in [4.69, 9.17) is 13.7 Å². The molecule has 1 saturated carbocycles. The molecule has 0 N–H and O–H groups in total. The van der Waals surface area contributed by atoms with Crippen LogP contribution < -0.4 is 4.90 Å². The molecule has 0 atom stereocenters. The van der Waals surface area contributed by atoms with E-state index >= 15 is 0 Å². The van der Waals surface area contributed by atoms with Gasteiger partial charge in [-0.2, -0.15) is 0 Å². The van der Waals surface area contributed by atoms with Gasteiger partial charge in [0.25, 0.3) is 5.91 Å². The molecule has 0 saturated heterocycles. The van der Waals surface area contributed by atoms with Crippen molar-refractivity contribution in [2.24, 2.45) is 0 Å². The van der Waals surface area contributed by atoms with E-state index in [0.717, 1.165) is 42.0 Å². The third-order valence-corrected chi connectivity index (χ3v) is 6.40. The van der Waals surface area contributed by atoms with Gasteiger partial charge >= 0.3 is 0 Å². The van der Waals surface area contributed by atoms with Crippen LogP contribution in [0.15, 0.2) is 57.7 Å². The lowest BCUT2D eigenvalue weighted by atomic mass is 9.94. The lowest BCUT2D eigenvalue weighted by molar-refractivity contribution is 0.0692. The van der Waals surface area contributed by atoms with Crippen LogP contribution in [-0.2, 0) is 11.3 Å². The van der Waals surface area contributed by atoms with Crippen LogP contribution in [-0.4, -0.2) is 49.3 Å². The number of furan rings is 1. The van der Waals surface area contributed by atoms with Crippen molar-refractivity contribution in [3.8, 4) is 11.3 Å². The predicted octanol–water partition coefficient (Wildman–Crippen LogP) is 5.38. The first-order valence-electron chi connectivity index (χ1n) is 11.8. The number of hydrogen-bond donors (Lipinski definition) is 0. The van der Waals surface area contributed by atoms with Crippen LogP contribution in [0.2, 0.25) is 0 Å². The van der Waals surface area contributed by atoms with Crippen molar-refractivity contribution < 1.29 is 18.5 Å². The maximum Gasteiger partial charge on any atom is 0.289 e. The van der Waals surface area contributed by atoms with E-state index in [1.54, 1.807) is 24.1 Å². The Kier molecular flexibility index (Phi) is 7.83. The highest BCUT2D eigenvalue weighted by Gasteiger charge is 2.29. The number of carbonyl (C=O) groups excluding carboxylic acids is 1. The van der Waals surface area contributed by atoms with E-state index in [0.29, 0.717) is 31.5 Å². The Balaban J connectivity index is 1.68. The monoisotopic (exact) mass is 451 g/mol. The number of amides is 1. The van der Waals surface area contributed by atoms with Gasteiger partial charge in [-0.05, 0) is 31.4 Å². The van der Waals surface area contributed by atoms with E-state index in [1.165, 1.54) is 25.5 Å². The number of carbonyl (C=O) groups is 1. The Morgan fingerprint density at radius 3 is 2.61 bits per heavy atom. The van der Waals surface area contributed by atoms with Gasteiger partial charge in [-0.1, -0.05) is 54.8 Å². The topological polar surface area (TPSA) is 72.0 Å². The predicted molar refractivity (Wildman–Crippen MR) is 127 cm³/mol. The van der Waals surface area contributed by atoms with E-state index in [2.05, 4.69) is 17.1 Å². The lowest BCUT2D eigenvalue weighted by Gasteiger charge is -2.32. The lowest BCUT2D eigenvalue weighted by Crippen LogP contribution is -2.35. The summed E-state index contributed by atoms with van der Waals surface area (Å²) in [5.41, 5.74) is 2.67. The summed E-state index contributed by atoms with van der Waals surface area (Å²) in [7, 11) is 3.75. The molecule has 1 fully saturated rings. The smallest absolute Gasteiger partial charge is 0.289 e. The van der Waals surface area contributed by atoms with Gasteiger partial charge in [0.1, 0.15) is 5.69 Å². The Morgan fingerprint density at radius 2 is 1.91 bits per heavy atom. The molecule has 0 aliphatic heterocycles. The minimum Gasteiger partial charge on any atom is -0.459 e. The minimum absolute atomic E-state index is 0.150. The summed E-state index contributed by atoms with van der Waals surface area (Å²) in [6.45, 7) is 1.49. The van der Waals surface area contributed by atoms with Crippen molar-refractivity contribution in [3.63, 3.8) is 0 Å². The first-order valence-corrected chi connectivity index (χ1v) is 11.8. The largest absolute Gasteiger partial charge is 0.459 e. The van der Waals surface area contributed by atoms with Crippen LogP contribution in [0.3, 0.4) is 0 Å². The SMILES string of the molecule is COCCCN(Cc1c(-c2ccccc2)noc1N(C)C1CCCCC1)C(=O)c1ccco1. The summed E-state index contributed by atoms with van der Waals surface area (Å²) in [6, 6.07) is 13.9. The molecule has 1 aliphatic rings. The van der Waals surface area contributed by atoms with Crippen LogP contribution in [0.25, 0.3) is 11.3 Å². The van der Waals surface area contributed by atoms with Crippen molar-refractivity contribution in [2.45, 2.75) is 51.1 Å². The molecule has 0 unspecified atom stereocenters. The summed E-state index contributed by atoms with van der Waals surface area (Å²) in [5.74, 6) is 0.916. The molecule has 7 nitrogen and oxygen atoms in total. The average molecular weight is 452 g/mol. The molecule has 3 aromatic rings. The molecule has 1 amide bonds. The quantitative estimate of drug-likeness (QED) is 0.385. The summed E-state index contributed by atoms with van der Waals surface area (Å²) < 4.78 is 16.6. The Bertz CT molecular complexity index is 994. The Morgan fingerprint density at radius 1 is 1.12 bits per heavy atom.